The summed E-state index contributed by atoms with van der Waals surface area (Å²) >= 11 is 0. The second kappa shape index (κ2) is 5.21. The zero-order valence-corrected chi connectivity index (χ0v) is 10.8. The number of nitrogens with zero attached hydrogens (tertiary/aromatic N) is 2. The number of carbonyl (C=O) groups is 2. The standard InChI is InChI=1S/C14H18N2O2/c1-3-11-6-4-5-7-12(11)8-9-16-13(17)10-15(2)14(16)18/h4-7H,3,8-10H2,1-2H3. The van der Waals surface area contributed by atoms with E-state index in [4.69, 9.17) is 0 Å². The molecule has 0 aliphatic carbocycles. The molecule has 0 unspecified atom stereocenters. The summed E-state index contributed by atoms with van der Waals surface area (Å²) in [6.07, 6.45) is 1.70. The van der Waals surface area contributed by atoms with Crippen LogP contribution in [0.5, 0.6) is 0 Å². The van der Waals surface area contributed by atoms with E-state index >= 15 is 0 Å². The number of urea groups is 1. The number of carbonyl (C=O) groups excluding carboxylic acids is 2. The Morgan fingerprint density at radius 3 is 2.39 bits per heavy atom. The Hall–Kier alpha value is -1.84. The van der Waals surface area contributed by atoms with Gasteiger partial charge in [0.25, 0.3) is 0 Å². The van der Waals surface area contributed by atoms with Crippen molar-refractivity contribution in [3.63, 3.8) is 0 Å². The maximum atomic E-state index is 11.7. The summed E-state index contributed by atoms with van der Waals surface area (Å²) in [7, 11) is 1.65. The lowest BCUT2D eigenvalue weighted by molar-refractivity contribution is -0.125. The van der Waals surface area contributed by atoms with Gasteiger partial charge in [-0.05, 0) is 24.0 Å². The highest BCUT2D eigenvalue weighted by atomic mass is 16.2. The van der Waals surface area contributed by atoms with Crippen molar-refractivity contribution in [1.82, 2.24) is 9.80 Å². The number of aryl methyl sites for hydroxylation is 1. The summed E-state index contributed by atoms with van der Waals surface area (Å²) < 4.78 is 0. The van der Waals surface area contributed by atoms with Crippen LogP contribution in [0.15, 0.2) is 24.3 Å². The largest absolute Gasteiger partial charge is 0.326 e. The van der Waals surface area contributed by atoms with Crippen molar-refractivity contribution in [1.29, 1.82) is 0 Å². The van der Waals surface area contributed by atoms with Gasteiger partial charge < -0.3 is 4.90 Å². The van der Waals surface area contributed by atoms with Crippen molar-refractivity contribution >= 4 is 11.9 Å². The van der Waals surface area contributed by atoms with E-state index in [1.807, 2.05) is 12.1 Å². The number of hydrogen-bond acceptors (Lipinski definition) is 2. The SMILES string of the molecule is CCc1ccccc1CCN1C(=O)CN(C)C1=O. The summed E-state index contributed by atoms with van der Waals surface area (Å²) in [4.78, 5) is 26.1. The maximum Gasteiger partial charge on any atom is 0.326 e. The van der Waals surface area contributed by atoms with E-state index in [2.05, 4.69) is 19.1 Å². The van der Waals surface area contributed by atoms with E-state index < -0.39 is 0 Å². The molecule has 1 aromatic carbocycles. The average molecular weight is 246 g/mol. The molecule has 4 heteroatoms. The molecule has 1 fully saturated rings. The van der Waals surface area contributed by atoms with Crippen molar-refractivity contribution < 1.29 is 9.59 Å². The lowest BCUT2D eigenvalue weighted by Gasteiger charge is -2.15. The van der Waals surface area contributed by atoms with Crippen LogP contribution in [0.2, 0.25) is 0 Å². The molecule has 1 saturated heterocycles. The summed E-state index contributed by atoms with van der Waals surface area (Å²) in [5, 5.41) is 0. The first-order valence-electron chi connectivity index (χ1n) is 6.25. The molecule has 0 bridgehead atoms. The molecule has 4 nitrogen and oxygen atoms in total. The van der Waals surface area contributed by atoms with Gasteiger partial charge in [0.2, 0.25) is 5.91 Å². The number of likely N-dealkylation sites (N-methyl/N-ethyl adjacent to an activating group) is 1. The molecular weight excluding hydrogens is 228 g/mol. The van der Waals surface area contributed by atoms with Gasteiger partial charge in [0.15, 0.2) is 0 Å². The van der Waals surface area contributed by atoms with Crippen LogP contribution >= 0.6 is 0 Å². The number of amides is 3. The number of rotatable bonds is 4. The summed E-state index contributed by atoms with van der Waals surface area (Å²) in [6, 6.07) is 7.98. The van der Waals surface area contributed by atoms with Gasteiger partial charge in [-0.15, -0.1) is 0 Å². The fraction of sp³-hybridized carbons (Fsp3) is 0.429. The molecule has 1 heterocycles. The molecule has 2 rings (SSSR count). The lowest BCUT2D eigenvalue weighted by atomic mass is 10.0. The van der Waals surface area contributed by atoms with E-state index in [0.717, 1.165) is 12.8 Å². The predicted molar refractivity (Wildman–Crippen MR) is 69.3 cm³/mol. The predicted octanol–water partition coefficient (Wildman–Crippen LogP) is 1.69. The van der Waals surface area contributed by atoms with Gasteiger partial charge in [-0.2, -0.15) is 0 Å². The van der Waals surface area contributed by atoms with Crippen LogP contribution in [-0.4, -0.2) is 41.9 Å². The normalized spacial score (nSPS) is 15.7. The Kier molecular flexibility index (Phi) is 3.65. The Labute approximate surface area is 107 Å². The highest BCUT2D eigenvalue weighted by molar-refractivity contribution is 6.01. The Bertz CT molecular complexity index is 471. The Balaban J connectivity index is 2.04. The van der Waals surface area contributed by atoms with Crippen LogP contribution in [-0.2, 0) is 17.6 Å². The van der Waals surface area contributed by atoms with E-state index in [9.17, 15) is 9.59 Å². The molecule has 0 radical (unpaired) electrons. The summed E-state index contributed by atoms with van der Waals surface area (Å²) in [5.41, 5.74) is 2.50. The van der Waals surface area contributed by atoms with Crippen LogP contribution in [0.4, 0.5) is 4.79 Å². The first-order chi connectivity index (χ1) is 8.63. The number of hydrogen-bond donors (Lipinski definition) is 0. The number of benzene rings is 1. The first-order valence-corrected chi connectivity index (χ1v) is 6.25. The zero-order valence-electron chi connectivity index (χ0n) is 10.8. The van der Waals surface area contributed by atoms with E-state index in [0.29, 0.717) is 6.54 Å². The molecule has 0 atom stereocenters. The van der Waals surface area contributed by atoms with Crippen LogP contribution in [0.1, 0.15) is 18.1 Å². The third-order valence-electron chi connectivity index (χ3n) is 3.33. The molecule has 1 aliphatic heterocycles. The lowest BCUT2D eigenvalue weighted by Crippen LogP contribution is -2.33. The van der Waals surface area contributed by atoms with Crippen molar-refractivity contribution in [3.8, 4) is 0 Å². The molecule has 3 amide bonds. The fourth-order valence-electron chi connectivity index (χ4n) is 2.27. The number of imide groups is 1. The van der Waals surface area contributed by atoms with E-state index in [1.165, 1.54) is 20.9 Å². The quantitative estimate of drug-likeness (QED) is 0.758. The fourth-order valence-corrected chi connectivity index (χ4v) is 2.27. The van der Waals surface area contributed by atoms with Gasteiger partial charge in [0.05, 0.1) is 0 Å². The van der Waals surface area contributed by atoms with Gasteiger partial charge in [0, 0.05) is 13.6 Å². The molecule has 18 heavy (non-hydrogen) atoms. The molecule has 96 valence electrons. The second-order valence-electron chi connectivity index (χ2n) is 4.56. The van der Waals surface area contributed by atoms with Gasteiger partial charge >= 0.3 is 6.03 Å². The van der Waals surface area contributed by atoms with Crippen molar-refractivity contribution in [2.45, 2.75) is 19.8 Å². The molecular formula is C14H18N2O2. The molecule has 1 aromatic rings. The molecule has 0 saturated carbocycles. The molecule has 1 aliphatic rings. The minimum Gasteiger partial charge on any atom is -0.318 e. The Morgan fingerprint density at radius 2 is 1.83 bits per heavy atom. The van der Waals surface area contributed by atoms with Crippen molar-refractivity contribution in [2.24, 2.45) is 0 Å². The minimum absolute atomic E-state index is 0.100. The first kappa shape index (κ1) is 12.6. The Morgan fingerprint density at radius 1 is 1.17 bits per heavy atom. The van der Waals surface area contributed by atoms with Crippen LogP contribution in [0, 0.1) is 0 Å². The maximum absolute atomic E-state index is 11.7. The van der Waals surface area contributed by atoms with Gasteiger partial charge in [-0.1, -0.05) is 31.2 Å². The topological polar surface area (TPSA) is 40.6 Å². The highest BCUT2D eigenvalue weighted by Gasteiger charge is 2.32. The molecule has 0 aromatic heterocycles. The van der Waals surface area contributed by atoms with Crippen molar-refractivity contribution in [2.75, 3.05) is 20.1 Å². The van der Waals surface area contributed by atoms with Gasteiger partial charge in [-0.25, -0.2) is 4.79 Å². The molecule has 0 N–H and O–H groups in total. The van der Waals surface area contributed by atoms with E-state index in [1.54, 1.807) is 7.05 Å². The van der Waals surface area contributed by atoms with Crippen LogP contribution in [0.3, 0.4) is 0 Å². The van der Waals surface area contributed by atoms with E-state index in [-0.39, 0.29) is 18.5 Å². The summed E-state index contributed by atoms with van der Waals surface area (Å²) in [5.74, 6) is -0.100. The van der Waals surface area contributed by atoms with Crippen LogP contribution < -0.4 is 0 Å². The monoisotopic (exact) mass is 246 g/mol. The molecule has 0 spiro atoms. The van der Waals surface area contributed by atoms with Crippen LogP contribution in [0.25, 0.3) is 0 Å². The third-order valence-corrected chi connectivity index (χ3v) is 3.33. The van der Waals surface area contributed by atoms with Crippen molar-refractivity contribution in [3.05, 3.63) is 35.4 Å². The second-order valence-corrected chi connectivity index (χ2v) is 4.56. The third kappa shape index (κ3) is 2.37. The average Bonchev–Trinajstić information content (AvgIpc) is 2.62. The summed E-state index contributed by atoms with van der Waals surface area (Å²) in [6.45, 7) is 2.78. The smallest absolute Gasteiger partial charge is 0.318 e. The highest BCUT2D eigenvalue weighted by Crippen LogP contribution is 2.13. The minimum atomic E-state index is -0.186. The zero-order chi connectivity index (χ0) is 13.1. The van der Waals surface area contributed by atoms with Gasteiger partial charge in [-0.3, -0.25) is 9.69 Å². The van der Waals surface area contributed by atoms with Gasteiger partial charge in [0.1, 0.15) is 6.54 Å².